The molecule has 1 aliphatic heterocycles. The van der Waals surface area contributed by atoms with E-state index in [2.05, 4.69) is 15.0 Å². The third-order valence-corrected chi connectivity index (χ3v) is 3.83. The molecule has 3 heterocycles. The molecule has 1 amide bonds. The first-order valence-corrected chi connectivity index (χ1v) is 7.48. The van der Waals surface area contributed by atoms with Gasteiger partial charge >= 0.3 is 0 Å². The molecule has 1 fully saturated rings. The zero-order chi connectivity index (χ0) is 17.1. The summed E-state index contributed by atoms with van der Waals surface area (Å²) in [5.74, 6) is 0.783. The molecule has 1 aliphatic rings. The monoisotopic (exact) mass is 330 g/mol. The number of hydrogen-bond acceptors (Lipinski definition) is 7. The van der Waals surface area contributed by atoms with Gasteiger partial charge in [-0.05, 0) is 12.1 Å². The predicted octanol–water partition coefficient (Wildman–Crippen LogP) is -0.282. The predicted molar refractivity (Wildman–Crippen MR) is 88.2 cm³/mol. The van der Waals surface area contributed by atoms with E-state index in [1.165, 1.54) is 13.2 Å². The SMILES string of the molecule is COc1ncccc1C(=O)N1CCN(c2cc(=O)[nH]c(N)n2)CC1. The minimum atomic E-state index is -0.295. The van der Waals surface area contributed by atoms with Crippen molar-refractivity contribution in [2.75, 3.05) is 43.9 Å². The Bertz CT molecular complexity index is 798. The van der Waals surface area contributed by atoms with Crippen molar-refractivity contribution >= 4 is 17.7 Å². The number of piperazine rings is 1. The summed E-state index contributed by atoms with van der Waals surface area (Å²) in [4.78, 5) is 38.4. The summed E-state index contributed by atoms with van der Waals surface area (Å²) in [6.45, 7) is 2.13. The number of nitrogen functional groups attached to an aromatic ring is 1. The number of hydrogen-bond donors (Lipinski definition) is 2. The maximum Gasteiger partial charge on any atom is 0.259 e. The van der Waals surface area contributed by atoms with Crippen LogP contribution in [0.5, 0.6) is 5.88 Å². The molecule has 0 aliphatic carbocycles. The van der Waals surface area contributed by atoms with Crippen molar-refractivity contribution in [3.05, 3.63) is 40.3 Å². The number of carbonyl (C=O) groups excluding carboxylic acids is 1. The third-order valence-electron chi connectivity index (χ3n) is 3.83. The number of nitrogens with zero attached hydrogens (tertiary/aromatic N) is 4. The zero-order valence-corrected chi connectivity index (χ0v) is 13.2. The Kier molecular flexibility index (Phi) is 4.32. The summed E-state index contributed by atoms with van der Waals surface area (Å²) in [7, 11) is 1.49. The summed E-state index contributed by atoms with van der Waals surface area (Å²) in [6, 6.07) is 4.80. The number of amides is 1. The molecule has 9 nitrogen and oxygen atoms in total. The van der Waals surface area contributed by atoms with Gasteiger partial charge in [0.25, 0.3) is 11.5 Å². The quantitative estimate of drug-likeness (QED) is 0.794. The summed E-state index contributed by atoms with van der Waals surface area (Å²) in [6.07, 6.45) is 1.58. The van der Waals surface area contributed by atoms with E-state index >= 15 is 0 Å². The van der Waals surface area contributed by atoms with Crippen LogP contribution in [0.2, 0.25) is 0 Å². The smallest absolute Gasteiger partial charge is 0.259 e. The summed E-state index contributed by atoms with van der Waals surface area (Å²) in [5.41, 5.74) is 5.71. The fourth-order valence-corrected chi connectivity index (χ4v) is 2.65. The van der Waals surface area contributed by atoms with Gasteiger partial charge in [-0.2, -0.15) is 4.98 Å². The number of nitrogens with one attached hydrogen (secondary N) is 1. The lowest BCUT2D eigenvalue weighted by molar-refractivity contribution is 0.0742. The molecule has 0 atom stereocenters. The Morgan fingerprint density at radius 1 is 1.33 bits per heavy atom. The number of pyridine rings is 1. The Balaban J connectivity index is 1.70. The molecule has 1 saturated heterocycles. The second kappa shape index (κ2) is 6.57. The van der Waals surface area contributed by atoms with Gasteiger partial charge in [0.1, 0.15) is 11.4 Å². The van der Waals surface area contributed by atoms with Gasteiger partial charge in [0.05, 0.1) is 7.11 Å². The van der Waals surface area contributed by atoms with Crippen LogP contribution in [-0.2, 0) is 0 Å². The second-order valence-corrected chi connectivity index (χ2v) is 5.33. The highest BCUT2D eigenvalue weighted by molar-refractivity contribution is 5.96. The molecule has 0 saturated carbocycles. The molecule has 0 spiro atoms. The van der Waals surface area contributed by atoms with Crippen molar-refractivity contribution in [2.24, 2.45) is 0 Å². The van der Waals surface area contributed by atoms with Gasteiger partial charge in [0, 0.05) is 38.4 Å². The maximum absolute atomic E-state index is 12.6. The number of aromatic nitrogens is 3. The highest BCUT2D eigenvalue weighted by Crippen LogP contribution is 2.18. The van der Waals surface area contributed by atoms with Crippen LogP contribution in [0.3, 0.4) is 0 Å². The minimum absolute atomic E-state index is 0.0797. The summed E-state index contributed by atoms with van der Waals surface area (Å²) >= 11 is 0. The zero-order valence-electron chi connectivity index (χ0n) is 13.2. The van der Waals surface area contributed by atoms with Gasteiger partial charge in [0.2, 0.25) is 11.8 Å². The van der Waals surface area contributed by atoms with Crippen molar-refractivity contribution in [2.45, 2.75) is 0 Å². The average molecular weight is 330 g/mol. The largest absolute Gasteiger partial charge is 0.480 e. The molecule has 24 heavy (non-hydrogen) atoms. The first-order valence-electron chi connectivity index (χ1n) is 7.48. The highest BCUT2D eigenvalue weighted by Gasteiger charge is 2.25. The van der Waals surface area contributed by atoms with Crippen LogP contribution in [0.25, 0.3) is 0 Å². The van der Waals surface area contributed by atoms with Crippen molar-refractivity contribution in [3.8, 4) is 5.88 Å². The molecule has 2 aromatic rings. The Hall–Kier alpha value is -3.10. The van der Waals surface area contributed by atoms with Gasteiger partial charge in [-0.1, -0.05) is 0 Å². The lowest BCUT2D eigenvalue weighted by Crippen LogP contribution is -2.49. The van der Waals surface area contributed by atoms with Crippen LogP contribution in [0.1, 0.15) is 10.4 Å². The lowest BCUT2D eigenvalue weighted by Gasteiger charge is -2.35. The van der Waals surface area contributed by atoms with Crippen LogP contribution in [0.4, 0.5) is 11.8 Å². The fraction of sp³-hybridized carbons (Fsp3) is 0.333. The minimum Gasteiger partial charge on any atom is -0.480 e. The van der Waals surface area contributed by atoms with Gasteiger partial charge in [-0.25, -0.2) is 4.98 Å². The first kappa shape index (κ1) is 15.8. The number of carbonyl (C=O) groups is 1. The average Bonchev–Trinajstić information content (AvgIpc) is 2.60. The van der Waals surface area contributed by atoms with E-state index in [0.717, 1.165) is 0 Å². The summed E-state index contributed by atoms with van der Waals surface area (Å²) in [5, 5.41) is 0. The van der Waals surface area contributed by atoms with Crippen molar-refractivity contribution in [1.29, 1.82) is 0 Å². The first-order chi connectivity index (χ1) is 11.6. The maximum atomic E-state index is 12.6. The van der Waals surface area contributed by atoms with Crippen molar-refractivity contribution in [1.82, 2.24) is 19.9 Å². The number of ether oxygens (including phenoxy) is 1. The molecule has 9 heteroatoms. The molecule has 0 bridgehead atoms. The van der Waals surface area contributed by atoms with Crippen LogP contribution in [0.15, 0.2) is 29.2 Å². The molecular weight excluding hydrogens is 312 g/mol. The van der Waals surface area contributed by atoms with E-state index in [-0.39, 0.29) is 17.4 Å². The number of rotatable bonds is 3. The summed E-state index contributed by atoms with van der Waals surface area (Å²) < 4.78 is 5.14. The van der Waals surface area contributed by atoms with E-state index < -0.39 is 0 Å². The fourth-order valence-electron chi connectivity index (χ4n) is 2.65. The van der Waals surface area contributed by atoms with Crippen molar-refractivity contribution in [3.63, 3.8) is 0 Å². The molecule has 0 aromatic carbocycles. The topological polar surface area (TPSA) is 117 Å². The Labute approximate surface area is 138 Å². The number of anilines is 2. The normalized spacial score (nSPS) is 14.5. The molecule has 0 radical (unpaired) electrons. The lowest BCUT2D eigenvalue weighted by atomic mass is 10.2. The van der Waals surface area contributed by atoms with E-state index in [9.17, 15) is 9.59 Å². The van der Waals surface area contributed by atoms with Crippen LogP contribution in [-0.4, -0.2) is 59.0 Å². The van der Waals surface area contributed by atoms with E-state index in [1.807, 2.05) is 4.90 Å². The molecule has 0 unspecified atom stereocenters. The number of methoxy groups -OCH3 is 1. The number of aromatic amines is 1. The van der Waals surface area contributed by atoms with Gasteiger partial charge < -0.3 is 20.3 Å². The van der Waals surface area contributed by atoms with Crippen LogP contribution in [0, 0.1) is 0 Å². The van der Waals surface area contributed by atoms with E-state index in [4.69, 9.17) is 10.5 Å². The third kappa shape index (κ3) is 3.14. The molecule has 126 valence electrons. The van der Waals surface area contributed by atoms with E-state index in [1.54, 1.807) is 23.2 Å². The number of nitrogens with two attached hydrogens (primary N) is 1. The molecular formula is C15H18N6O3. The molecule has 3 rings (SSSR count). The highest BCUT2D eigenvalue weighted by atomic mass is 16.5. The van der Waals surface area contributed by atoms with Crippen molar-refractivity contribution < 1.29 is 9.53 Å². The van der Waals surface area contributed by atoms with Gasteiger partial charge in [0.15, 0.2) is 0 Å². The number of H-pyrrole nitrogens is 1. The molecule has 3 N–H and O–H groups in total. The molecule has 2 aromatic heterocycles. The standard InChI is InChI=1S/C15H18N6O3/c1-24-13-10(3-2-4-17-13)14(23)21-7-5-20(6-8-21)11-9-12(22)19-15(16)18-11/h2-4,9H,5-8H2,1H3,(H3,16,18,19,22). The van der Waals surface area contributed by atoms with Gasteiger partial charge in [-0.3, -0.25) is 14.6 Å². The van der Waals surface area contributed by atoms with Crippen LogP contribution >= 0.6 is 0 Å². The Morgan fingerprint density at radius 2 is 2.08 bits per heavy atom. The van der Waals surface area contributed by atoms with Crippen LogP contribution < -0.4 is 20.9 Å². The van der Waals surface area contributed by atoms with Gasteiger partial charge in [-0.15, -0.1) is 0 Å². The second-order valence-electron chi connectivity index (χ2n) is 5.33. The van der Waals surface area contributed by atoms with E-state index in [0.29, 0.717) is 43.4 Å². The Morgan fingerprint density at radius 3 is 2.75 bits per heavy atom.